The molecule has 0 atom stereocenters. The number of carbonyl (C=O) groups excluding carboxylic acids is 2. The fourth-order valence-corrected chi connectivity index (χ4v) is 3.58. The third kappa shape index (κ3) is 6.68. The van der Waals surface area contributed by atoms with Crippen molar-refractivity contribution in [3.05, 3.63) is 57.3 Å². The number of hydrogen-bond acceptors (Lipinski definition) is 4. The first-order chi connectivity index (χ1) is 12.3. The molecule has 138 valence electrons. The molecule has 26 heavy (non-hydrogen) atoms. The Morgan fingerprint density at radius 3 is 2.31 bits per heavy atom. The van der Waals surface area contributed by atoms with Gasteiger partial charge < -0.3 is 10.1 Å². The van der Waals surface area contributed by atoms with Crippen LogP contribution in [0.5, 0.6) is 0 Å². The van der Waals surface area contributed by atoms with Gasteiger partial charge >= 0.3 is 5.97 Å². The Labute approximate surface area is 168 Å². The summed E-state index contributed by atoms with van der Waals surface area (Å²) in [6, 6.07) is 8.80. The van der Waals surface area contributed by atoms with Crippen molar-refractivity contribution in [1.29, 1.82) is 0 Å². The molecule has 0 spiro atoms. The molecule has 2 aromatic carbocycles. The summed E-state index contributed by atoms with van der Waals surface area (Å²) in [5, 5.41) is 3.16. The first-order valence-corrected chi connectivity index (χ1v) is 9.45. The molecule has 4 nitrogen and oxygen atoms in total. The first kappa shape index (κ1) is 20.8. The number of amides is 1. The summed E-state index contributed by atoms with van der Waals surface area (Å²) < 4.78 is 17.7. The van der Waals surface area contributed by atoms with Crippen molar-refractivity contribution in [3.8, 4) is 0 Å². The monoisotopic (exact) mass is 435 g/mol. The topological polar surface area (TPSA) is 55.4 Å². The zero-order chi connectivity index (χ0) is 19.1. The van der Waals surface area contributed by atoms with E-state index in [9.17, 15) is 14.0 Å². The number of hydrogen-bond donors (Lipinski definition) is 1. The zero-order valence-electron chi connectivity index (χ0n) is 13.2. The fraction of sp³-hybridized carbons (Fsp3) is 0.176. The van der Waals surface area contributed by atoms with E-state index in [1.165, 1.54) is 36.0 Å². The number of esters is 1. The second kappa shape index (κ2) is 10.0. The second-order valence-corrected chi connectivity index (χ2v) is 7.42. The quantitative estimate of drug-likeness (QED) is 0.463. The van der Waals surface area contributed by atoms with Crippen LogP contribution in [-0.2, 0) is 14.3 Å². The molecular weight excluding hydrogens is 424 g/mol. The van der Waals surface area contributed by atoms with Gasteiger partial charge in [0.1, 0.15) is 5.82 Å². The van der Waals surface area contributed by atoms with Crippen LogP contribution in [0.2, 0.25) is 15.1 Å². The normalized spacial score (nSPS) is 10.5. The Kier molecular flexibility index (Phi) is 8.03. The maximum atomic E-state index is 12.8. The molecule has 1 amide bonds. The van der Waals surface area contributed by atoms with Gasteiger partial charge in [-0.1, -0.05) is 34.8 Å². The van der Waals surface area contributed by atoms with Crippen LogP contribution in [0.4, 0.5) is 10.1 Å². The number of thioether (sulfide) groups is 1. The molecule has 0 heterocycles. The van der Waals surface area contributed by atoms with E-state index >= 15 is 0 Å². The van der Waals surface area contributed by atoms with Crippen molar-refractivity contribution < 1.29 is 18.7 Å². The fourth-order valence-electron chi connectivity index (χ4n) is 1.84. The molecule has 1 N–H and O–H groups in total. The molecule has 0 aliphatic heterocycles. The van der Waals surface area contributed by atoms with Gasteiger partial charge in [-0.25, -0.2) is 4.39 Å². The van der Waals surface area contributed by atoms with Gasteiger partial charge in [0.2, 0.25) is 0 Å². The minimum absolute atomic E-state index is 0.109. The highest BCUT2D eigenvalue weighted by molar-refractivity contribution is 7.99. The Hall–Kier alpha value is -1.47. The molecule has 0 aliphatic rings. The van der Waals surface area contributed by atoms with Gasteiger partial charge in [-0.3, -0.25) is 9.59 Å². The number of carbonyl (C=O) groups is 2. The van der Waals surface area contributed by atoms with Crippen molar-refractivity contribution >= 4 is 64.1 Å². The van der Waals surface area contributed by atoms with Crippen LogP contribution in [-0.4, -0.2) is 24.2 Å². The first-order valence-electron chi connectivity index (χ1n) is 7.33. The molecule has 0 aliphatic carbocycles. The third-order valence-corrected chi connectivity index (χ3v) is 4.85. The smallest absolute Gasteiger partial charge is 0.307 e. The minimum Gasteiger partial charge on any atom is -0.456 e. The number of rotatable bonds is 7. The van der Waals surface area contributed by atoms with E-state index in [4.69, 9.17) is 39.5 Å². The number of halogens is 4. The van der Waals surface area contributed by atoms with E-state index < -0.39 is 18.5 Å². The summed E-state index contributed by atoms with van der Waals surface area (Å²) in [6.07, 6.45) is 0.109. The lowest BCUT2D eigenvalue weighted by Gasteiger charge is -2.10. The SMILES string of the molecule is O=C(COC(=O)CCSc1ccc(F)cc1)Nc1c(Cl)cc(Cl)cc1Cl. The van der Waals surface area contributed by atoms with Gasteiger partial charge in [0, 0.05) is 15.7 Å². The van der Waals surface area contributed by atoms with Crippen molar-refractivity contribution in [3.63, 3.8) is 0 Å². The van der Waals surface area contributed by atoms with E-state index in [-0.39, 0.29) is 28.0 Å². The number of nitrogens with one attached hydrogen (secondary N) is 1. The summed E-state index contributed by atoms with van der Waals surface area (Å²) in [4.78, 5) is 24.4. The van der Waals surface area contributed by atoms with Gasteiger partial charge in [-0.2, -0.15) is 0 Å². The zero-order valence-corrected chi connectivity index (χ0v) is 16.3. The molecule has 9 heteroatoms. The lowest BCUT2D eigenvalue weighted by Crippen LogP contribution is -2.21. The number of benzene rings is 2. The van der Waals surface area contributed by atoms with Gasteiger partial charge in [-0.05, 0) is 36.4 Å². The van der Waals surface area contributed by atoms with Gasteiger partial charge in [0.05, 0.1) is 22.2 Å². The largest absolute Gasteiger partial charge is 0.456 e. The highest BCUT2D eigenvalue weighted by atomic mass is 35.5. The van der Waals surface area contributed by atoms with Crippen LogP contribution < -0.4 is 5.32 Å². The lowest BCUT2D eigenvalue weighted by molar-refractivity contribution is -0.146. The summed E-state index contributed by atoms with van der Waals surface area (Å²) in [7, 11) is 0. The maximum absolute atomic E-state index is 12.8. The van der Waals surface area contributed by atoms with Crippen LogP contribution in [0, 0.1) is 5.82 Å². The van der Waals surface area contributed by atoms with E-state index in [2.05, 4.69) is 5.32 Å². The van der Waals surface area contributed by atoms with Crippen LogP contribution in [0.25, 0.3) is 0 Å². The van der Waals surface area contributed by atoms with Crippen molar-refractivity contribution in [1.82, 2.24) is 0 Å². The Morgan fingerprint density at radius 1 is 1.08 bits per heavy atom. The predicted molar refractivity (Wildman–Crippen MR) is 103 cm³/mol. The third-order valence-electron chi connectivity index (χ3n) is 3.02. The lowest BCUT2D eigenvalue weighted by atomic mass is 10.3. The van der Waals surface area contributed by atoms with Gasteiger partial charge in [-0.15, -0.1) is 11.8 Å². The molecule has 0 saturated carbocycles. The Balaban J connectivity index is 1.73. The van der Waals surface area contributed by atoms with E-state index in [1.54, 1.807) is 12.1 Å². The van der Waals surface area contributed by atoms with Crippen LogP contribution in [0.15, 0.2) is 41.3 Å². The van der Waals surface area contributed by atoms with Crippen molar-refractivity contribution in [2.24, 2.45) is 0 Å². The number of anilines is 1. The Bertz CT molecular complexity index is 779. The summed E-state index contributed by atoms with van der Waals surface area (Å²) >= 11 is 19.1. The minimum atomic E-state index is -0.573. The average molecular weight is 437 g/mol. The number of ether oxygens (including phenoxy) is 1. The van der Waals surface area contributed by atoms with Gasteiger partial charge in [0.15, 0.2) is 6.61 Å². The highest BCUT2D eigenvalue weighted by Gasteiger charge is 2.13. The van der Waals surface area contributed by atoms with Crippen molar-refractivity contribution in [2.45, 2.75) is 11.3 Å². The molecule has 2 aromatic rings. The van der Waals surface area contributed by atoms with Crippen LogP contribution >= 0.6 is 46.6 Å². The maximum Gasteiger partial charge on any atom is 0.307 e. The summed E-state index contributed by atoms with van der Waals surface area (Å²) in [5.41, 5.74) is 0.200. The van der Waals surface area contributed by atoms with Crippen LogP contribution in [0.3, 0.4) is 0 Å². The second-order valence-electron chi connectivity index (χ2n) is 5.01. The summed E-state index contributed by atoms with van der Waals surface area (Å²) in [5.74, 6) is -0.972. The summed E-state index contributed by atoms with van der Waals surface area (Å²) in [6.45, 7) is -0.463. The molecule has 0 radical (unpaired) electrons. The van der Waals surface area contributed by atoms with Crippen molar-refractivity contribution in [2.75, 3.05) is 17.7 Å². The molecule has 0 fully saturated rings. The van der Waals surface area contributed by atoms with Crippen LogP contribution in [0.1, 0.15) is 6.42 Å². The molecule has 0 aromatic heterocycles. The highest BCUT2D eigenvalue weighted by Crippen LogP contribution is 2.33. The molecule has 0 unspecified atom stereocenters. The van der Waals surface area contributed by atoms with Gasteiger partial charge in [0.25, 0.3) is 5.91 Å². The predicted octanol–water partition coefficient (Wildman–Crippen LogP) is 5.45. The molecular formula is C17H13Cl3FNO3S. The average Bonchev–Trinajstić information content (AvgIpc) is 2.58. The molecule has 0 saturated heterocycles. The Morgan fingerprint density at radius 2 is 1.69 bits per heavy atom. The van der Waals surface area contributed by atoms with E-state index in [1.807, 2.05) is 0 Å². The van der Waals surface area contributed by atoms with E-state index in [0.717, 1.165) is 4.90 Å². The van der Waals surface area contributed by atoms with E-state index in [0.29, 0.717) is 10.8 Å². The molecule has 0 bridgehead atoms. The molecule has 2 rings (SSSR count). The standard InChI is InChI=1S/C17H13Cl3FNO3S/c18-10-7-13(19)17(14(20)8-10)22-15(23)9-25-16(24)5-6-26-12-3-1-11(21)2-4-12/h1-4,7-8H,5-6,9H2,(H,22,23).